The quantitative estimate of drug-likeness (QED) is 0.375. The van der Waals surface area contributed by atoms with Crippen LogP contribution in [-0.4, -0.2) is 36.9 Å². The fraction of sp³-hybridized carbons (Fsp3) is 0.545. The first kappa shape index (κ1) is 23.4. The summed E-state index contributed by atoms with van der Waals surface area (Å²) in [5.41, 5.74) is 0.635. The molecule has 1 fully saturated rings. The highest BCUT2D eigenvalue weighted by atomic mass is 16.6. The first-order valence-corrected chi connectivity index (χ1v) is 10.2. The van der Waals surface area contributed by atoms with E-state index in [2.05, 4.69) is 20.9 Å². The van der Waals surface area contributed by atoms with Gasteiger partial charge in [0, 0.05) is 25.2 Å². The van der Waals surface area contributed by atoms with Gasteiger partial charge in [0.2, 0.25) is 11.9 Å². The summed E-state index contributed by atoms with van der Waals surface area (Å²) in [4.78, 5) is 39.4. The van der Waals surface area contributed by atoms with Crippen LogP contribution in [0.4, 0.5) is 10.5 Å². The van der Waals surface area contributed by atoms with E-state index in [0.717, 1.165) is 18.3 Å². The molecule has 1 aliphatic carbocycles. The Balaban J connectivity index is 1.86. The van der Waals surface area contributed by atoms with E-state index in [4.69, 9.17) is 4.74 Å². The Morgan fingerprint density at radius 3 is 2.37 bits per heavy atom. The van der Waals surface area contributed by atoms with Gasteiger partial charge < -0.3 is 20.2 Å². The number of carbonyl (C=O) groups excluding carboxylic acids is 3. The topological polar surface area (TPSA) is 109 Å². The van der Waals surface area contributed by atoms with Crippen molar-refractivity contribution in [2.45, 2.75) is 59.1 Å². The third kappa shape index (κ3) is 6.30. The molecule has 8 heteroatoms. The number of amides is 2. The minimum atomic E-state index is -0.590. The standard InChI is InChI=1S/C22H32N4O4/c1-6-22(11-16(12-22)14-27)18(28)25-17-9-7-15(8-10-17)13-24-19(23-5)26-20(29)30-21(2,3)4/h7-10,14,16H,6,11-13H2,1-5H3,(H,25,28)(H2,23,24,26,29). The Hall–Kier alpha value is -2.90. The number of aldehydes is 1. The van der Waals surface area contributed by atoms with Crippen LogP contribution < -0.4 is 16.0 Å². The predicted octanol–water partition coefficient (Wildman–Crippen LogP) is 3.23. The van der Waals surface area contributed by atoms with Crippen molar-refractivity contribution in [1.82, 2.24) is 10.6 Å². The maximum Gasteiger partial charge on any atom is 0.414 e. The lowest BCUT2D eigenvalue weighted by atomic mass is 9.60. The van der Waals surface area contributed by atoms with Crippen molar-refractivity contribution in [2.24, 2.45) is 16.3 Å². The van der Waals surface area contributed by atoms with Crippen LogP contribution in [0.1, 0.15) is 52.5 Å². The maximum absolute atomic E-state index is 12.6. The van der Waals surface area contributed by atoms with Crippen molar-refractivity contribution in [3.05, 3.63) is 29.8 Å². The first-order valence-electron chi connectivity index (χ1n) is 10.2. The minimum absolute atomic E-state index is 0.00661. The number of aliphatic imine (C=N–C) groups is 1. The van der Waals surface area contributed by atoms with Crippen LogP contribution in [0.25, 0.3) is 0 Å². The number of nitrogens with zero attached hydrogens (tertiary/aromatic N) is 1. The Morgan fingerprint density at radius 2 is 1.87 bits per heavy atom. The lowest BCUT2D eigenvalue weighted by Crippen LogP contribution is -2.47. The van der Waals surface area contributed by atoms with E-state index in [1.165, 1.54) is 0 Å². The summed E-state index contributed by atoms with van der Waals surface area (Å²) in [5, 5.41) is 8.57. The molecule has 164 valence electrons. The van der Waals surface area contributed by atoms with E-state index in [0.29, 0.717) is 31.0 Å². The van der Waals surface area contributed by atoms with Crippen LogP contribution >= 0.6 is 0 Å². The fourth-order valence-electron chi connectivity index (χ4n) is 3.41. The molecule has 0 atom stereocenters. The molecule has 1 aromatic rings. The van der Waals surface area contributed by atoms with Gasteiger partial charge in [-0.1, -0.05) is 19.1 Å². The largest absolute Gasteiger partial charge is 0.444 e. The number of carbonyl (C=O) groups is 3. The van der Waals surface area contributed by atoms with Gasteiger partial charge in [-0.25, -0.2) is 4.79 Å². The molecule has 30 heavy (non-hydrogen) atoms. The maximum atomic E-state index is 12.6. The Kier molecular flexibility index (Phi) is 7.59. The Labute approximate surface area is 177 Å². The number of alkyl carbamates (subject to hydrolysis) is 1. The average Bonchev–Trinajstić information content (AvgIpc) is 2.64. The molecular formula is C22H32N4O4. The van der Waals surface area contributed by atoms with Crippen molar-refractivity contribution < 1.29 is 19.1 Å². The van der Waals surface area contributed by atoms with Crippen LogP contribution in [-0.2, 0) is 20.9 Å². The first-order chi connectivity index (χ1) is 14.1. The molecule has 0 aromatic heterocycles. The molecule has 0 spiro atoms. The number of ether oxygens (including phenoxy) is 1. The molecule has 0 aliphatic heterocycles. The fourth-order valence-corrected chi connectivity index (χ4v) is 3.41. The molecule has 1 aromatic carbocycles. The molecule has 2 rings (SSSR count). The average molecular weight is 417 g/mol. The van der Waals surface area contributed by atoms with E-state index in [1.54, 1.807) is 27.8 Å². The van der Waals surface area contributed by atoms with Crippen LogP contribution in [0, 0.1) is 11.3 Å². The van der Waals surface area contributed by atoms with Gasteiger partial charge in [-0.3, -0.25) is 15.1 Å². The minimum Gasteiger partial charge on any atom is -0.444 e. The van der Waals surface area contributed by atoms with E-state index in [-0.39, 0.29) is 11.8 Å². The van der Waals surface area contributed by atoms with Gasteiger partial charge in [-0.2, -0.15) is 0 Å². The highest BCUT2D eigenvalue weighted by Gasteiger charge is 2.48. The molecule has 0 saturated heterocycles. The molecule has 3 N–H and O–H groups in total. The molecule has 0 heterocycles. The van der Waals surface area contributed by atoms with Crippen LogP contribution in [0.15, 0.2) is 29.3 Å². The van der Waals surface area contributed by atoms with Gasteiger partial charge in [-0.15, -0.1) is 0 Å². The summed E-state index contributed by atoms with van der Waals surface area (Å²) in [7, 11) is 1.57. The molecule has 1 saturated carbocycles. The van der Waals surface area contributed by atoms with Crippen molar-refractivity contribution in [2.75, 3.05) is 12.4 Å². The smallest absolute Gasteiger partial charge is 0.414 e. The van der Waals surface area contributed by atoms with Gasteiger partial charge in [0.15, 0.2) is 0 Å². The third-order valence-corrected chi connectivity index (χ3v) is 5.17. The number of benzene rings is 1. The Morgan fingerprint density at radius 1 is 1.23 bits per heavy atom. The molecule has 8 nitrogen and oxygen atoms in total. The highest BCUT2D eigenvalue weighted by molar-refractivity contribution is 5.96. The molecule has 0 bridgehead atoms. The normalized spacial score (nSPS) is 21.2. The van der Waals surface area contributed by atoms with Crippen LogP contribution in [0.3, 0.4) is 0 Å². The zero-order valence-corrected chi connectivity index (χ0v) is 18.4. The van der Waals surface area contributed by atoms with Gasteiger partial charge in [0.1, 0.15) is 11.9 Å². The molecular weight excluding hydrogens is 384 g/mol. The van der Waals surface area contributed by atoms with Gasteiger partial charge >= 0.3 is 6.09 Å². The van der Waals surface area contributed by atoms with Crippen molar-refractivity contribution in [3.8, 4) is 0 Å². The summed E-state index contributed by atoms with van der Waals surface area (Å²) < 4.78 is 5.21. The summed E-state index contributed by atoms with van der Waals surface area (Å²) in [6, 6.07) is 7.43. The molecule has 2 amide bonds. The third-order valence-electron chi connectivity index (χ3n) is 5.17. The second-order valence-corrected chi connectivity index (χ2v) is 8.64. The van der Waals surface area contributed by atoms with Crippen LogP contribution in [0.2, 0.25) is 0 Å². The highest BCUT2D eigenvalue weighted by Crippen LogP contribution is 2.48. The number of hydrogen-bond acceptors (Lipinski definition) is 5. The van der Waals surface area contributed by atoms with Gasteiger partial charge in [0.25, 0.3) is 0 Å². The number of nitrogens with one attached hydrogen (secondary N) is 3. The van der Waals surface area contributed by atoms with Crippen molar-refractivity contribution in [1.29, 1.82) is 0 Å². The van der Waals surface area contributed by atoms with E-state index < -0.39 is 17.1 Å². The zero-order valence-electron chi connectivity index (χ0n) is 18.4. The number of anilines is 1. The van der Waals surface area contributed by atoms with E-state index in [9.17, 15) is 14.4 Å². The summed E-state index contributed by atoms with van der Waals surface area (Å²) in [6.45, 7) is 7.79. The lowest BCUT2D eigenvalue weighted by molar-refractivity contribution is -0.136. The van der Waals surface area contributed by atoms with Crippen molar-refractivity contribution >= 4 is 29.9 Å². The van der Waals surface area contributed by atoms with Crippen LogP contribution in [0.5, 0.6) is 0 Å². The zero-order chi connectivity index (χ0) is 22.4. The lowest BCUT2D eigenvalue weighted by Gasteiger charge is -2.43. The monoisotopic (exact) mass is 416 g/mol. The molecule has 0 radical (unpaired) electrons. The summed E-state index contributed by atoms with van der Waals surface area (Å²) in [5.74, 6) is 0.269. The van der Waals surface area contributed by atoms with E-state index >= 15 is 0 Å². The van der Waals surface area contributed by atoms with E-state index in [1.807, 2.05) is 31.2 Å². The summed E-state index contributed by atoms with van der Waals surface area (Å²) >= 11 is 0. The Bertz CT molecular complexity index is 790. The van der Waals surface area contributed by atoms with Gasteiger partial charge in [0.05, 0.1) is 5.41 Å². The summed E-state index contributed by atoms with van der Waals surface area (Å²) in [6.07, 6.45) is 2.31. The SMILES string of the molecule is CCC1(C(=O)Nc2ccc(CN/C(=N/C)NC(=O)OC(C)(C)C)cc2)CC(C=O)C1. The number of hydrogen-bond donors (Lipinski definition) is 3. The predicted molar refractivity (Wildman–Crippen MR) is 116 cm³/mol. The molecule has 0 unspecified atom stereocenters. The van der Waals surface area contributed by atoms with Crippen molar-refractivity contribution in [3.63, 3.8) is 0 Å². The second-order valence-electron chi connectivity index (χ2n) is 8.64. The number of guanidine groups is 1. The van der Waals surface area contributed by atoms with Gasteiger partial charge in [-0.05, 0) is 57.7 Å². The molecule has 1 aliphatic rings. The second kappa shape index (κ2) is 9.73. The number of rotatable bonds is 6.